The number of nitrogens with zero attached hydrogens (tertiary/aromatic N) is 3. The van der Waals surface area contributed by atoms with Crippen molar-refractivity contribution in [1.82, 2.24) is 14.7 Å². The van der Waals surface area contributed by atoms with E-state index in [1.807, 2.05) is 19.9 Å². The van der Waals surface area contributed by atoms with Gasteiger partial charge in [-0.1, -0.05) is 0 Å². The molecule has 1 saturated heterocycles. The molecule has 130 valence electrons. The van der Waals surface area contributed by atoms with Crippen molar-refractivity contribution < 1.29 is 23.1 Å². The zero-order valence-corrected chi connectivity index (χ0v) is 13.5. The molecule has 0 spiro atoms. The van der Waals surface area contributed by atoms with Gasteiger partial charge in [-0.05, 0) is 45.6 Å². The van der Waals surface area contributed by atoms with Crippen LogP contribution in [0.3, 0.4) is 0 Å². The molecule has 1 N–H and O–H groups in total. The second kappa shape index (κ2) is 6.51. The molecule has 1 amide bonds. The molecule has 0 aliphatic carbocycles. The molecule has 0 aromatic carbocycles. The maximum absolute atomic E-state index is 12.5. The number of rotatable bonds is 3. The molecule has 1 aliphatic rings. The van der Waals surface area contributed by atoms with Crippen molar-refractivity contribution in [3.8, 4) is 0 Å². The summed E-state index contributed by atoms with van der Waals surface area (Å²) in [4.78, 5) is 14.1. The van der Waals surface area contributed by atoms with Crippen LogP contribution in [0.2, 0.25) is 0 Å². The van der Waals surface area contributed by atoms with Gasteiger partial charge in [0.15, 0.2) is 6.10 Å². The van der Waals surface area contributed by atoms with Crippen molar-refractivity contribution in [3.05, 3.63) is 17.5 Å². The van der Waals surface area contributed by atoms with Crippen LogP contribution in [0.4, 0.5) is 13.2 Å². The van der Waals surface area contributed by atoms with Gasteiger partial charge in [-0.15, -0.1) is 0 Å². The van der Waals surface area contributed by atoms with E-state index in [1.54, 1.807) is 16.5 Å². The largest absolute Gasteiger partial charge is 0.414 e. The Hall–Kier alpha value is -1.57. The number of piperidine rings is 1. The fourth-order valence-electron chi connectivity index (χ4n) is 3.11. The first-order chi connectivity index (χ1) is 10.6. The monoisotopic (exact) mass is 333 g/mol. The summed E-state index contributed by atoms with van der Waals surface area (Å²) >= 11 is 0. The third-order valence-corrected chi connectivity index (χ3v) is 4.40. The number of alkyl halides is 3. The summed E-state index contributed by atoms with van der Waals surface area (Å²) in [5.74, 6) is -1.00. The molecule has 2 atom stereocenters. The van der Waals surface area contributed by atoms with E-state index in [4.69, 9.17) is 0 Å². The zero-order valence-electron chi connectivity index (χ0n) is 13.5. The Morgan fingerprint density at radius 3 is 2.35 bits per heavy atom. The van der Waals surface area contributed by atoms with Crippen LogP contribution in [0.1, 0.15) is 37.2 Å². The number of likely N-dealkylation sites (tertiary alicyclic amines) is 1. The highest BCUT2D eigenvalue weighted by molar-refractivity contribution is 5.80. The lowest BCUT2D eigenvalue weighted by Gasteiger charge is -2.36. The third kappa shape index (κ3) is 3.85. The molecule has 1 aromatic heterocycles. The number of hydrogen-bond acceptors (Lipinski definition) is 3. The van der Waals surface area contributed by atoms with Crippen molar-refractivity contribution in [2.75, 3.05) is 13.1 Å². The van der Waals surface area contributed by atoms with E-state index in [2.05, 4.69) is 5.10 Å². The van der Waals surface area contributed by atoms with E-state index >= 15 is 0 Å². The molecular formula is C15H22F3N3O2. The Kier molecular flexibility index (Phi) is 5.03. The highest BCUT2D eigenvalue weighted by atomic mass is 19.4. The van der Waals surface area contributed by atoms with E-state index in [-0.39, 0.29) is 31.8 Å². The van der Waals surface area contributed by atoms with Gasteiger partial charge >= 0.3 is 6.18 Å². The van der Waals surface area contributed by atoms with E-state index in [9.17, 15) is 23.1 Å². The minimum absolute atomic E-state index is 0.149. The highest BCUT2D eigenvalue weighted by Gasteiger charge is 2.44. The predicted molar refractivity (Wildman–Crippen MR) is 77.8 cm³/mol. The van der Waals surface area contributed by atoms with Crippen LogP contribution >= 0.6 is 0 Å². The molecule has 23 heavy (non-hydrogen) atoms. The Bertz CT molecular complexity index is 563. The summed E-state index contributed by atoms with van der Waals surface area (Å²) in [6.45, 7) is 5.87. The molecule has 0 saturated carbocycles. The maximum Gasteiger partial charge on any atom is 0.414 e. The standard InChI is InChI=1S/C15H22F3N3O2/c1-9-8-10(2)21(19-9)11(3)14(23)20-6-4-12(5-7-20)13(22)15(16,17)18/h8,11-13,22H,4-7H2,1-3H3. The summed E-state index contributed by atoms with van der Waals surface area (Å²) in [5, 5.41) is 13.6. The Morgan fingerprint density at radius 1 is 1.35 bits per heavy atom. The van der Waals surface area contributed by atoms with Crippen molar-refractivity contribution in [2.24, 2.45) is 5.92 Å². The van der Waals surface area contributed by atoms with Crippen LogP contribution in [0.5, 0.6) is 0 Å². The molecule has 2 heterocycles. The normalized spacial score (nSPS) is 19.7. The van der Waals surface area contributed by atoms with Crippen LogP contribution in [0.15, 0.2) is 6.07 Å². The fourth-order valence-corrected chi connectivity index (χ4v) is 3.11. The molecule has 0 radical (unpaired) electrons. The van der Waals surface area contributed by atoms with Crippen LogP contribution in [-0.4, -0.2) is 51.1 Å². The van der Waals surface area contributed by atoms with E-state index in [1.165, 1.54) is 0 Å². The van der Waals surface area contributed by atoms with Crippen molar-refractivity contribution in [1.29, 1.82) is 0 Å². The van der Waals surface area contributed by atoms with Gasteiger partial charge in [0, 0.05) is 18.8 Å². The number of aliphatic hydroxyl groups excluding tert-OH is 1. The second-order valence-electron chi connectivity index (χ2n) is 6.20. The first kappa shape index (κ1) is 17.8. The summed E-state index contributed by atoms with van der Waals surface area (Å²) in [5.41, 5.74) is 1.68. The number of halogens is 3. The summed E-state index contributed by atoms with van der Waals surface area (Å²) < 4.78 is 39.3. The zero-order chi connectivity index (χ0) is 17.4. The molecule has 8 heteroatoms. The predicted octanol–water partition coefficient (Wildman–Crippen LogP) is 2.22. The van der Waals surface area contributed by atoms with E-state index in [0.29, 0.717) is 0 Å². The molecule has 1 aliphatic heterocycles. The number of carbonyl (C=O) groups excluding carboxylic acids is 1. The van der Waals surface area contributed by atoms with Gasteiger partial charge in [-0.3, -0.25) is 9.48 Å². The number of amides is 1. The number of aryl methyl sites for hydroxylation is 2. The number of aromatic nitrogens is 2. The Balaban J connectivity index is 1.97. The SMILES string of the molecule is Cc1cc(C)n(C(C)C(=O)N2CCC(C(O)C(F)(F)F)CC2)n1. The van der Waals surface area contributed by atoms with Gasteiger partial charge < -0.3 is 10.0 Å². The van der Waals surface area contributed by atoms with Gasteiger partial charge in [0.05, 0.1) is 5.69 Å². The van der Waals surface area contributed by atoms with Gasteiger partial charge in [-0.25, -0.2) is 0 Å². The van der Waals surface area contributed by atoms with E-state index in [0.717, 1.165) is 11.4 Å². The van der Waals surface area contributed by atoms with E-state index < -0.39 is 24.2 Å². The average Bonchev–Trinajstić information content (AvgIpc) is 2.83. The quantitative estimate of drug-likeness (QED) is 0.923. The molecule has 2 unspecified atom stereocenters. The van der Waals surface area contributed by atoms with Gasteiger partial charge in [0.1, 0.15) is 6.04 Å². The Labute approximate surface area is 133 Å². The number of aliphatic hydroxyl groups is 1. The second-order valence-corrected chi connectivity index (χ2v) is 6.20. The molecule has 1 aromatic rings. The fraction of sp³-hybridized carbons (Fsp3) is 0.733. The summed E-state index contributed by atoms with van der Waals surface area (Å²) in [6, 6.07) is 1.38. The van der Waals surface area contributed by atoms with Crippen molar-refractivity contribution in [2.45, 2.75) is 51.9 Å². The maximum atomic E-state index is 12.5. The topological polar surface area (TPSA) is 58.4 Å². The molecular weight excluding hydrogens is 311 g/mol. The minimum Gasteiger partial charge on any atom is -0.383 e. The molecule has 0 bridgehead atoms. The lowest BCUT2D eigenvalue weighted by molar-refractivity contribution is -0.223. The van der Waals surface area contributed by atoms with Gasteiger partial charge in [-0.2, -0.15) is 18.3 Å². The average molecular weight is 333 g/mol. The van der Waals surface area contributed by atoms with Crippen LogP contribution in [0.25, 0.3) is 0 Å². The summed E-state index contributed by atoms with van der Waals surface area (Å²) in [7, 11) is 0. The van der Waals surface area contributed by atoms with Crippen LogP contribution in [0, 0.1) is 19.8 Å². The highest BCUT2D eigenvalue weighted by Crippen LogP contribution is 2.32. The van der Waals surface area contributed by atoms with Crippen LogP contribution in [-0.2, 0) is 4.79 Å². The Morgan fingerprint density at radius 2 is 1.91 bits per heavy atom. The number of hydrogen-bond donors (Lipinski definition) is 1. The van der Waals surface area contributed by atoms with Crippen molar-refractivity contribution in [3.63, 3.8) is 0 Å². The molecule has 2 rings (SSSR count). The first-order valence-corrected chi connectivity index (χ1v) is 7.67. The third-order valence-electron chi connectivity index (χ3n) is 4.40. The van der Waals surface area contributed by atoms with Crippen molar-refractivity contribution >= 4 is 5.91 Å². The summed E-state index contributed by atoms with van der Waals surface area (Å²) in [6.07, 6.45) is -6.62. The lowest BCUT2D eigenvalue weighted by atomic mass is 9.90. The van der Waals surface area contributed by atoms with Gasteiger partial charge in [0.25, 0.3) is 0 Å². The smallest absolute Gasteiger partial charge is 0.383 e. The number of carbonyl (C=O) groups is 1. The van der Waals surface area contributed by atoms with Gasteiger partial charge in [0.2, 0.25) is 5.91 Å². The van der Waals surface area contributed by atoms with Crippen LogP contribution < -0.4 is 0 Å². The molecule has 5 nitrogen and oxygen atoms in total. The lowest BCUT2D eigenvalue weighted by Crippen LogP contribution is -2.46. The first-order valence-electron chi connectivity index (χ1n) is 7.67. The minimum atomic E-state index is -4.60. The molecule has 1 fully saturated rings.